The molecule has 0 aliphatic carbocycles. The van der Waals surface area contributed by atoms with E-state index in [0.717, 1.165) is 24.5 Å². The Morgan fingerprint density at radius 2 is 1.77 bits per heavy atom. The molecule has 0 N–H and O–H groups in total. The highest BCUT2D eigenvalue weighted by molar-refractivity contribution is 5.78. The zero-order chi connectivity index (χ0) is 18.5. The molecule has 5 heteroatoms. The molecular weight excluding hydrogens is 331 g/mol. The number of anilines is 1. The second-order valence-corrected chi connectivity index (χ2v) is 6.86. The molecule has 1 heterocycles. The lowest BCUT2D eigenvalue weighted by atomic mass is 10.0. The number of carbonyl (C=O) groups is 1. The van der Waals surface area contributed by atoms with Gasteiger partial charge < -0.3 is 14.5 Å². The minimum absolute atomic E-state index is 0.00120. The van der Waals surface area contributed by atoms with E-state index < -0.39 is 0 Å². The zero-order valence-corrected chi connectivity index (χ0v) is 15.3. The predicted octanol–water partition coefficient (Wildman–Crippen LogP) is 3.68. The van der Waals surface area contributed by atoms with Crippen LogP contribution in [0.1, 0.15) is 25.3 Å². The van der Waals surface area contributed by atoms with Gasteiger partial charge in [-0.3, -0.25) is 4.79 Å². The first-order valence-electron chi connectivity index (χ1n) is 9.04. The van der Waals surface area contributed by atoms with Crippen LogP contribution >= 0.6 is 0 Å². The summed E-state index contributed by atoms with van der Waals surface area (Å²) in [6, 6.07) is 14.4. The van der Waals surface area contributed by atoms with Gasteiger partial charge in [0.1, 0.15) is 11.6 Å². The maximum Gasteiger partial charge on any atom is 0.260 e. The van der Waals surface area contributed by atoms with Crippen LogP contribution in [0.3, 0.4) is 0 Å². The van der Waals surface area contributed by atoms with Gasteiger partial charge in [0, 0.05) is 31.9 Å². The summed E-state index contributed by atoms with van der Waals surface area (Å²) in [5, 5.41) is 0. The van der Waals surface area contributed by atoms with Crippen molar-refractivity contribution in [2.75, 3.05) is 37.7 Å². The summed E-state index contributed by atoms with van der Waals surface area (Å²) in [6.07, 6.45) is 0. The Kier molecular flexibility index (Phi) is 5.76. The van der Waals surface area contributed by atoms with Crippen LogP contribution in [0.4, 0.5) is 10.1 Å². The fraction of sp³-hybridized carbons (Fsp3) is 0.381. The standard InChI is InChI=1S/C21H25FN2O2/c1-16(2)17-4-3-5-20(14-17)26-15-21(25)24-12-10-23(11-13-24)19-8-6-18(22)7-9-19/h3-9,14,16H,10-13,15H2,1-2H3. The van der Waals surface area contributed by atoms with E-state index in [-0.39, 0.29) is 18.3 Å². The van der Waals surface area contributed by atoms with Crippen molar-refractivity contribution in [2.45, 2.75) is 19.8 Å². The molecule has 138 valence electrons. The van der Waals surface area contributed by atoms with Gasteiger partial charge in [0.25, 0.3) is 5.91 Å². The number of ether oxygens (including phenoxy) is 1. The third-order valence-corrected chi connectivity index (χ3v) is 4.71. The van der Waals surface area contributed by atoms with Gasteiger partial charge in [-0.2, -0.15) is 0 Å². The van der Waals surface area contributed by atoms with Crippen molar-refractivity contribution in [1.29, 1.82) is 0 Å². The van der Waals surface area contributed by atoms with Gasteiger partial charge >= 0.3 is 0 Å². The van der Waals surface area contributed by atoms with Crippen molar-refractivity contribution in [2.24, 2.45) is 0 Å². The zero-order valence-electron chi connectivity index (χ0n) is 15.3. The van der Waals surface area contributed by atoms with Crippen LogP contribution in [0, 0.1) is 5.82 Å². The Bertz CT molecular complexity index is 738. The Balaban J connectivity index is 1.49. The molecule has 1 aliphatic heterocycles. The Morgan fingerprint density at radius 3 is 2.42 bits per heavy atom. The molecule has 0 saturated carbocycles. The number of amides is 1. The third kappa shape index (κ3) is 4.54. The van der Waals surface area contributed by atoms with Crippen LogP contribution in [-0.2, 0) is 4.79 Å². The number of carbonyl (C=O) groups excluding carboxylic acids is 1. The minimum atomic E-state index is -0.235. The van der Waals surface area contributed by atoms with E-state index in [0.29, 0.717) is 19.0 Å². The van der Waals surface area contributed by atoms with Gasteiger partial charge in [-0.1, -0.05) is 26.0 Å². The Labute approximate surface area is 154 Å². The summed E-state index contributed by atoms with van der Waals surface area (Å²) < 4.78 is 18.7. The summed E-state index contributed by atoms with van der Waals surface area (Å²) in [4.78, 5) is 16.4. The average Bonchev–Trinajstić information content (AvgIpc) is 2.67. The average molecular weight is 356 g/mol. The summed E-state index contributed by atoms with van der Waals surface area (Å²) in [7, 11) is 0. The number of piperazine rings is 1. The Hall–Kier alpha value is -2.56. The minimum Gasteiger partial charge on any atom is -0.484 e. The van der Waals surface area contributed by atoms with E-state index in [1.54, 1.807) is 12.1 Å². The second kappa shape index (κ2) is 8.21. The largest absolute Gasteiger partial charge is 0.484 e. The maximum absolute atomic E-state index is 13.0. The van der Waals surface area contributed by atoms with E-state index in [4.69, 9.17) is 4.74 Å². The predicted molar refractivity (Wildman–Crippen MR) is 101 cm³/mol. The van der Waals surface area contributed by atoms with Crippen LogP contribution in [-0.4, -0.2) is 43.6 Å². The van der Waals surface area contributed by atoms with Gasteiger partial charge in [-0.15, -0.1) is 0 Å². The van der Waals surface area contributed by atoms with Crippen molar-refractivity contribution in [3.8, 4) is 5.75 Å². The fourth-order valence-electron chi connectivity index (χ4n) is 3.07. The van der Waals surface area contributed by atoms with E-state index in [2.05, 4.69) is 24.8 Å². The first kappa shape index (κ1) is 18.2. The van der Waals surface area contributed by atoms with Crippen molar-refractivity contribution < 1.29 is 13.9 Å². The normalized spacial score (nSPS) is 14.6. The van der Waals surface area contributed by atoms with Gasteiger partial charge in [-0.05, 0) is 47.9 Å². The molecule has 1 fully saturated rings. The van der Waals surface area contributed by atoms with Gasteiger partial charge in [0.2, 0.25) is 0 Å². The molecule has 4 nitrogen and oxygen atoms in total. The number of benzene rings is 2. The first-order valence-corrected chi connectivity index (χ1v) is 9.04. The van der Waals surface area contributed by atoms with Crippen LogP contribution in [0.25, 0.3) is 0 Å². The number of halogens is 1. The highest BCUT2D eigenvalue weighted by Gasteiger charge is 2.21. The quantitative estimate of drug-likeness (QED) is 0.819. The molecule has 1 amide bonds. The van der Waals surface area contributed by atoms with E-state index >= 15 is 0 Å². The lowest BCUT2D eigenvalue weighted by molar-refractivity contribution is -0.133. The molecule has 1 aliphatic rings. The molecule has 26 heavy (non-hydrogen) atoms. The molecule has 1 saturated heterocycles. The third-order valence-electron chi connectivity index (χ3n) is 4.71. The molecule has 0 radical (unpaired) electrons. The number of rotatable bonds is 5. The van der Waals surface area contributed by atoms with Crippen molar-refractivity contribution >= 4 is 11.6 Å². The summed E-state index contributed by atoms with van der Waals surface area (Å²) in [6.45, 7) is 7.07. The molecule has 0 bridgehead atoms. The number of nitrogens with zero attached hydrogens (tertiary/aromatic N) is 2. The number of hydrogen-bond donors (Lipinski definition) is 0. The highest BCUT2D eigenvalue weighted by Crippen LogP contribution is 2.20. The SMILES string of the molecule is CC(C)c1cccc(OCC(=O)N2CCN(c3ccc(F)cc3)CC2)c1. The van der Waals surface area contributed by atoms with Crippen LogP contribution in [0.15, 0.2) is 48.5 Å². The lowest BCUT2D eigenvalue weighted by Gasteiger charge is -2.36. The Morgan fingerprint density at radius 1 is 1.08 bits per heavy atom. The van der Waals surface area contributed by atoms with Gasteiger partial charge in [0.15, 0.2) is 6.61 Å². The van der Waals surface area contributed by atoms with E-state index in [1.807, 2.05) is 23.1 Å². The lowest BCUT2D eigenvalue weighted by Crippen LogP contribution is -2.50. The summed E-state index contributed by atoms with van der Waals surface area (Å²) >= 11 is 0. The van der Waals surface area contributed by atoms with Crippen molar-refractivity contribution in [3.05, 3.63) is 59.9 Å². The monoisotopic (exact) mass is 356 g/mol. The fourth-order valence-corrected chi connectivity index (χ4v) is 3.07. The van der Waals surface area contributed by atoms with Crippen LogP contribution in [0.5, 0.6) is 5.75 Å². The topological polar surface area (TPSA) is 32.8 Å². The molecule has 0 spiro atoms. The number of hydrogen-bond acceptors (Lipinski definition) is 3. The summed E-state index contributed by atoms with van der Waals surface area (Å²) in [5.41, 5.74) is 2.18. The van der Waals surface area contributed by atoms with Crippen LogP contribution < -0.4 is 9.64 Å². The van der Waals surface area contributed by atoms with Crippen molar-refractivity contribution in [3.63, 3.8) is 0 Å². The van der Waals surface area contributed by atoms with Crippen molar-refractivity contribution in [1.82, 2.24) is 4.90 Å². The second-order valence-electron chi connectivity index (χ2n) is 6.86. The van der Waals surface area contributed by atoms with Gasteiger partial charge in [0.05, 0.1) is 0 Å². The molecule has 0 atom stereocenters. The molecule has 0 unspecified atom stereocenters. The van der Waals surface area contributed by atoms with Crippen LogP contribution in [0.2, 0.25) is 0 Å². The maximum atomic E-state index is 13.0. The van der Waals surface area contributed by atoms with E-state index in [9.17, 15) is 9.18 Å². The molecule has 3 rings (SSSR count). The first-order chi connectivity index (χ1) is 12.5. The highest BCUT2D eigenvalue weighted by atomic mass is 19.1. The molecule has 2 aromatic rings. The summed E-state index contributed by atoms with van der Waals surface area (Å²) in [5.74, 6) is 0.920. The molecule has 2 aromatic carbocycles. The van der Waals surface area contributed by atoms with E-state index in [1.165, 1.54) is 17.7 Å². The molecule has 0 aromatic heterocycles. The smallest absolute Gasteiger partial charge is 0.260 e. The molecular formula is C21H25FN2O2. The van der Waals surface area contributed by atoms with Gasteiger partial charge in [-0.25, -0.2) is 4.39 Å².